The van der Waals surface area contributed by atoms with Crippen molar-refractivity contribution in [2.24, 2.45) is 0 Å². The molecule has 1 aromatic heterocycles. The fraction of sp³-hybridized carbons (Fsp3) is 0.214. The second-order valence-electron chi connectivity index (χ2n) is 4.63. The summed E-state index contributed by atoms with van der Waals surface area (Å²) in [5, 5.41) is 10.5. The molecule has 0 fully saturated rings. The summed E-state index contributed by atoms with van der Waals surface area (Å²) in [6.07, 6.45) is 0.800. The Morgan fingerprint density at radius 2 is 2.15 bits per heavy atom. The Balaban J connectivity index is 2.04. The number of anilines is 1. The molecule has 0 amide bonds. The molecule has 6 heteroatoms. The topological polar surface area (TPSA) is 77.6 Å². The number of nitrogens with zero attached hydrogens (tertiary/aromatic N) is 1. The third kappa shape index (κ3) is 2.21. The molecule has 104 valence electrons. The van der Waals surface area contributed by atoms with Gasteiger partial charge in [0, 0.05) is 11.8 Å². The monoisotopic (exact) mass is 336 g/mol. The third-order valence-electron chi connectivity index (χ3n) is 3.15. The van der Waals surface area contributed by atoms with Crippen molar-refractivity contribution in [1.82, 2.24) is 4.98 Å². The van der Waals surface area contributed by atoms with Crippen LogP contribution >= 0.6 is 15.9 Å². The van der Waals surface area contributed by atoms with Crippen molar-refractivity contribution in [3.8, 4) is 11.5 Å². The molecule has 3 N–H and O–H groups in total. The SMILES string of the molecule is Cc1cnc(N)c(C(O)c2cc(Br)c3c(c2)OCO3)c1. The van der Waals surface area contributed by atoms with Crippen LogP contribution in [0.5, 0.6) is 11.5 Å². The fourth-order valence-electron chi connectivity index (χ4n) is 2.15. The van der Waals surface area contributed by atoms with Crippen LogP contribution < -0.4 is 15.2 Å². The van der Waals surface area contributed by atoms with Crippen molar-refractivity contribution in [1.29, 1.82) is 0 Å². The van der Waals surface area contributed by atoms with Crippen molar-refractivity contribution < 1.29 is 14.6 Å². The fourth-order valence-corrected chi connectivity index (χ4v) is 2.72. The van der Waals surface area contributed by atoms with Gasteiger partial charge in [0.1, 0.15) is 11.9 Å². The second kappa shape index (κ2) is 4.96. The highest BCUT2D eigenvalue weighted by Gasteiger charge is 2.22. The van der Waals surface area contributed by atoms with Crippen molar-refractivity contribution in [2.45, 2.75) is 13.0 Å². The Hall–Kier alpha value is -1.79. The predicted molar refractivity (Wildman–Crippen MR) is 77.7 cm³/mol. The van der Waals surface area contributed by atoms with Crippen LogP contribution in [-0.4, -0.2) is 16.9 Å². The third-order valence-corrected chi connectivity index (χ3v) is 3.74. The van der Waals surface area contributed by atoms with E-state index in [0.29, 0.717) is 28.4 Å². The first-order valence-corrected chi connectivity index (χ1v) is 6.84. The quantitative estimate of drug-likeness (QED) is 0.881. The van der Waals surface area contributed by atoms with E-state index >= 15 is 0 Å². The van der Waals surface area contributed by atoms with E-state index in [4.69, 9.17) is 15.2 Å². The van der Waals surface area contributed by atoms with Gasteiger partial charge in [-0.3, -0.25) is 0 Å². The van der Waals surface area contributed by atoms with Crippen molar-refractivity contribution in [3.05, 3.63) is 45.6 Å². The molecule has 1 aliphatic heterocycles. The van der Waals surface area contributed by atoms with E-state index in [1.807, 2.05) is 13.0 Å². The number of aliphatic hydroxyl groups excluding tert-OH is 1. The van der Waals surface area contributed by atoms with Crippen molar-refractivity contribution in [2.75, 3.05) is 12.5 Å². The van der Waals surface area contributed by atoms with E-state index < -0.39 is 6.10 Å². The smallest absolute Gasteiger partial charge is 0.231 e. The number of fused-ring (bicyclic) bond motifs is 1. The van der Waals surface area contributed by atoms with Gasteiger partial charge in [-0.1, -0.05) is 0 Å². The lowest BCUT2D eigenvalue weighted by molar-refractivity contribution is 0.173. The molecule has 2 aromatic rings. The van der Waals surface area contributed by atoms with Crippen LogP contribution in [0, 0.1) is 6.92 Å². The molecular formula is C14H13BrN2O3. The van der Waals surface area contributed by atoms with Gasteiger partial charge in [-0.25, -0.2) is 4.98 Å². The minimum Gasteiger partial charge on any atom is -0.454 e. The molecule has 2 heterocycles. The van der Waals surface area contributed by atoms with Gasteiger partial charge in [-0.15, -0.1) is 0 Å². The molecule has 1 aliphatic rings. The summed E-state index contributed by atoms with van der Waals surface area (Å²) < 4.78 is 11.4. The average Bonchev–Trinajstić information content (AvgIpc) is 2.89. The molecule has 0 saturated carbocycles. The average molecular weight is 337 g/mol. The highest BCUT2D eigenvalue weighted by molar-refractivity contribution is 9.10. The van der Waals surface area contributed by atoms with Gasteiger partial charge >= 0.3 is 0 Å². The van der Waals surface area contributed by atoms with Gasteiger partial charge in [0.2, 0.25) is 6.79 Å². The Bertz CT molecular complexity index is 676. The molecule has 0 aliphatic carbocycles. The first kappa shape index (κ1) is 13.2. The molecule has 0 radical (unpaired) electrons. The molecule has 0 spiro atoms. The van der Waals surface area contributed by atoms with Gasteiger partial charge in [0.15, 0.2) is 11.5 Å². The lowest BCUT2D eigenvalue weighted by atomic mass is 10.0. The summed E-state index contributed by atoms with van der Waals surface area (Å²) in [5.74, 6) is 1.57. The maximum Gasteiger partial charge on any atom is 0.231 e. The maximum absolute atomic E-state index is 10.5. The highest BCUT2D eigenvalue weighted by Crippen LogP contribution is 2.42. The number of ether oxygens (including phenoxy) is 2. The molecule has 1 aromatic carbocycles. The normalized spacial score (nSPS) is 14.3. The number of hydrogen-bond acceptors (Lipinski definition) is 5. The molecule has 0 bridgehead atoms. The van der Waals surface area contributed by atoms with E-state index in [9.17, 15) is 5.11 Å². The summed E-state index contributed by atoms with van der Waals surface area (Å²) in [6.45, 7) is 2.08. The number of aromatic nitrogens is 1. The van der Waals surface area contributed by atoms with E-state index in [1.54, 1.807) is 18.3 Å². The van der Waals surface area contributed by atoms with Crippen LogP contribution in [0.4, 0.5) is 5.82 Å². The number of nitrogens with two attached hydrogens (primary N) is 1. The zero-order chi connectivity index (χ0) is 14.3. The lowest BCUT2D eigenvalue weighted by Crippen LogP contribution is -2.06. The molecule has 3 rings (SSSR count). The number of nitrogen functional groups attached to an aromatic ring is 1. The molecule has 5 nitrogen and oxygen atoms in total. The first-order chi connectivity index (χ1) is 9.56. The van der Waals surface area contributed by atoms with Gasteiger partial charge in [0.25, 0.3) is 0 Å². The van der Waals surface area contributed by atoms with E-state index in [-0.39, 0.29) is 6.79 Å². The zero-order valence-electron chi connectivity index (χ0n) is 10.8. The Kier molecular flexibility index (Phi) is 3.27. The lowest BCUT2D eigenvalue weighted by Gasteiger charge is -2.15. The van der Waals surface area contributed by atoms with Gasteiger partial charge in [0.05, 0.1) is 4.47 Å². The number of hydrogen-bond donors (Lipinski definition) is 2. The number of rotatable bonds is 2. The first-order valence-electron chi connectivity index (χ1n) is 6.05. The largest absolute Gasteiger partial charge is 0.454 e. The minimum absolute atomic E-state index is 0.182. The highest BCUT2D eigenvalue weighted by atomic mass is 79.9. The molecule has 1 atom stereocenters. The number of aryl methyl sites for hydroxylation is 1. The summed E-state index contributed by atoms with van der Waals surface area (Å²) in [4.78, 5) is 4.07. The molecular weight excluding hydrogens is 324 g/mol. The number of pyridine rings is 1. The Morgan fingerprint density at radius 1 is 1.35 bits per heavy atom. The van der Waals surface area contributed by atoms with Crippen LogP contribution in [0.2, 0.25) is 0 Å². The maximum atomic E-state index is 10.5. The van der Waals surface area contributed by atoms with Crippen LogP contribution in [0.3, 0.4) is 0 Å². The Morgan fingerprint density at radius 3 is 2.95 bits per heavy atom. The molecule has 0 saturated heterocycles. The zero-order valence-corrected chi connectivity index (χ0v) is 12.3. The van der Waals surface area contributed by atoms with Crippen molar-refractivity contribution in [3.63, 3.8) is 0 Å². The second-order valence-corrected chi connectivity index (χ2v) is 5.48. The number of aliphatic hydroxyl groups is 1. The predicted octanol–water partition coefficient (Wildman–Crippen LogP) is 2.55. The summed E-state index contributed by atoms with van der Waals surface area (Å²) >= 11 is 3.41. The van der Waals surface area contributed by atoms with Gasteiger partial charge in [-0.05, 0) is 52.2 Å². The van der Waals surface area contributed by atoms with Gasteiger partial charge in [-0.2, -0.15) is 0 Å². The standard InChI is InChI=1S/C14H13BrN2O3/c1-7-2-9(14(16)17-5-7)12(18)8-3-10(15)13-11(4-8)19-6-20-13/h2-5,12,18H,6H2,1H3,(H2,16,17). The molecule has 20 heavy (non-hydrogen) atoms. The number of benzene rings is 1. The van der Waals surface area contributed by atoms with Gasteiger partial charge < -0.3 is 20.3 Å². The van der Waals surface area contributed by atoms with E-state index in [0.717, 1.165) is 10.0 Å². The van der Waals surface area contributed by atoms with Crippen LogP contribution in [0.25, 0.3) is 0 Å². The van der Waals surface area contributed by atoms with E-state index in [2.05, 4.69) is 20.9 Å². The van der Waals surface area contributed by atoms with Crippen LogP contribution in [0.15, 0.2) is 28.9 Å². The van der Waals surface area contributed by atoms with Crippen LogP contribution in [-0.2, 0) is 0 Å². The summed E-state index contributed by atoms with van der Waals surface area (Å²) in [5.41, 5.74) is 8.02. The Labute approximate surface area is 124 Å². The van der Waals surface area contributed by atoms with Crippen molar-refractivity contribution >= 4 is 21.7 Å². The minimum atomic E-state index is -0.867. The number of halogens is 1. The molecule has 1 unspecified atom stereocenters. The van der Waals surface area contributed by atoms with E-state index in [1.165, 1.54) is 0 Å². The summed E-state index contributed by atoms with van der Waals surface area (Å²) in [7, 11) is 0. The van der Waals surface area contributed by atoms with Crippen LogP contribution in [0.1, 0.15) is 22.8 Å². The summed E-state index contributed by atoms with van der Waals surface area (Å²) in [6, 6.07) is 5.37.